The van der Waals surface area contributed by atoms with E-state index in [-0.39, 0.29) is 0 Å². The molecule has 0 spiro atoms. The molecule has 0 radical (unpaired) electrons. The van der Waals surface area contributed by atoms with Gasteiger partial charge in [0.25, 0.3) is 0 Å². The maximum absolute atomic E-state index is 6.57. The molecule has 0 aliphatic carbocycles. The van der Waals surface area contributed by atoms with E-state index in [9.17, 15) is 0 Å². The van der Waals surface area contributed by atoms with Gasteiger partial charge < -0.3 is 4.42 Å². The first-order valence-corrected chi connectivity index (χ1v) is 15.6. The van der Waals surface area contributed by atoms with Crippen LogP contribution in [0.3, 0.4) is 0 Å². The van der Waals surface area contributed by atoms with E-state index in [1.54, 1.807) is 0 Å². The molecule has 47 heavy (non-hydrogen) atoms. The van der Waals surface area contributed by atoms with Crippen molar-refractivity contribution in [2.45, 2.75) is 0 Å². The van der Waals surface area contributed by atoms with Gasteiger partial charge in [0.2, 0.25) is 0 Å². The smallest absolute Gasteiger partial charge is 0.164 e. The highest BCUT2D eigenvalue weighted by Gasteiger charge is 2.18. The number of rotatable bonds is 5. The third-order valence-electron chi connectivity index (χ3n) is 8.60. The average molecular weight is 603 g/mol. The van der Waals surface area contributed by atoms with E-state index in [2.05, 4.69) is 72.8 Å². The van der Waals surface area contributed by atoms with Crippen LogP contribution < -0.4 is 0 Å². The topological polar surface area (TPSA) is 64.7 Å². The molecule has 0 amide bonds. The lowest BCUT2D eigenvalue weighted by atomic mass is 9.94. The Morgan fingerprint density at radius 3 is 1.62 bits per heavy atom. The van der Waals surface area contributed by atoms with Crippen molar-refractivity contribution in [3.63, 3.8) is 0 Å². The van der Waals surface area contributed by atoms with Gasteiger partial charge in [0.05, 0.1) is 5.69 Å². The van der Waals surface area contributed by atoms with Gasteiger partial charge in [-0.15, -0.1) is 0 Å². The summed E-state index contributed by atoms with van der Waals surface area (Å²) < 4.78 is 6.57. The maximum Gasteiger partial charge on any atom is 0.164 e. The Labute approximate surface area is 270 Å². The Bertz CT molecular complexity index is 2490. The highest BCUT2D eigenvalue weighted by Crippen LogP contribution is 2.42. The number of furan rings is 1. The maximum atomic E-state index is 6.57. The third kappa shape index (κ3) is 4.73. The summed E-state index contributed by atoms with van der Waals surface area (Å²) in [5, 5.41) is 4.33. The monoisotopic (exact) mass is 602 g/mol. The Hall–Kier alpha value is -6.46. The van der Waals surface area contributed by atoms with E-state index in [0.717, 1.165) is 71.8 Å². The molecule has 0 aliphatic heterocycles. The highest BCUT2D eigenvalue weighted by atomic mass is 16.3. The molecule has 220 valence electrons. The van der Waals surface area contributed by atoms with Crippen molar-refractivity contribution >= 4 is 32.7 Å². The largest absolute Gasteiger partial charge is 0.455 e. The fraction of sp³-hybridized carbons (Fsp3) is 0. The zero-order valence-corrected chi connectivity index (χ0v) is 25.2. The molecule has 9 aromatic rings. The van der Waals surface area contributed by atoms with Gasteiger partial charge >= 0.3 is 0 Å². The number of fused-ring (bicyclic) bond motifs is 5. The van der Waals surface area contributed by atoms with Crippen molar-refractivity contribution < 1.29 is 4.42 Å². The summed E-state index contributed by atoms with van der Waals surface area (Å²) in [5.74, 6) is 1.91. The van der Waals surface area contributed by atoms with E-state index in [1.807, 2.05) is 85.1 Å². The SMILES string of the molecule is c1ccc(-c2nc(-c3ccccc3)nc(-c3ccc(-c4cccc5oc6c7ccccc7c(-c7ccccn7)cc6c45)cc3)n2)cc1. The Kier molecular flexibility index (Phi) is 6.39. The molecule has 0 fully saturated rings. The molecule has 5 nitrogen and oxygen atoms in total. The van der Waals surface area contributed by atoms with Gasteiger partial charge in [0.1, 0.15) is 11.2 Å². The van der Waals surface area contributed by atoms with E-state index in [1.165, 1.54) is 0 Å². The van der Waals surface area contributed by atoms with Gasteiger partial charge in [-0.05, 0) is 40.8 Å². The fourth-order valence-electron chi connectivity index (χ4n) is 6.36. The molecule has 3 heterocycles. The molecule has 9 rings (SSSR count). The molecule has 0 aliphatic rings. The van der Waals surface area contributed by atoms with Gasteiger partial charge in [0, 0.05) is 44.6 Å². The van der Waals surface area contributed by atoms with E-state index >= 15 is 0 Å². The van der Waals surface area contributed by atoms with Crippen molar-refractivity contribution in [3.8, 4) is 56.5 Å². The van der Waals surface area contributed by atoms with Crippen LogP contribution in [0.5, 0.6) is 0 Å². The number of nitrogens with zero attached hydrogens (tertiary/aromatic N) is 4. The van der Waals surface area contributed by atoms with E-state index in [0.29, 0.717) is 17.5 Å². The molecule has 5 heteroatoms. The number of aromatic nitrogens is 4. The summed E-state index contributed by atoms with van der Waals surface area (Å²) in [6, 6.07) is 51.4. The Morgan fingerprint density at radius 1 is 0.404 bits per heavy atom. The van der Waals surface area contributed by atoms with Gasteiger partial charge in [-0.2, -0.15) is 0 Å². The first-order chi connectivity index (χ1) is 23.3. The molecule has 0 saturated heterocycles. The molecular weight excluding hydrogens is 576 g/mol. The van der Waals surface area contributed by atoms with Gasteiger partial charge in [-0.1, -0.05) is 127 Å². The molecule has 0 bridgehead atoms. The predicted octanol–water partition coefficient (Wildman–Crippen LogP) is 10.7. The van der Waals surface area contributed by atoms with Crippen LogP contribution in [0.15, 0.2) is 162 Å². The number of pyridine rings is 1. The van der Waals surface area contributed by atoms with Gasteiger partial charge in [0.15, 0.2) is 17.5 Å². The van der Waals surface area contributed by atoms with Crippen LogP contribution in [0, 0.1) is 0 Å². The molecule has 0 unspecified atom stereocenters. The second kappa shape index (κ2) is 11.2. The van der Waals surface area contributed by atoms with Crippen LogP contribution in [-0.2, 0) is 0 Å². The predicted molar refractivity (Wildman–Crippen MR) is 190 cm³/mol. The summed E-state index contributed by atoms with van der Waals surface area (Å²) in [7, 11) is 0. The van der Waals surface area contributed by atoms with Crippen LogP contribution in [0.25, 0.3) is 89.3 Å². The summed E-state index contributed by atoms with van der Waals surface area (Å²) in [4.78, 5) is 19.3. The lowest BCUT2D eigenvalue weighted by Crippen LogP contribution is -2.00. The van der Waals surface area contributed by atoms with E-state index in [4.69, 9.17) is 24.4 Å². The summed E-state index contributed by atoms with van der Waals surface area (Å²) in [5.41, 5.74) is 8.73. The van der Waals surface area contributed by atoms with Crippen molar-refractivity contribution in [1.82, 2.24) is 19.9 Å². The Morgan fingerprint density at radius 2 is 0.979 bits per heavy atom. The molecule has 0 saturated carbocycles. The normalized spacial score (nSPS) is 11.4. The fourth-order valence-corrected chi connectivity index (χ4v) is 6.36. The van der Waals surface area contributed by atoms with Crippen LogP contribution in [-0.4, -0.2) is 19.9 Å². The van der Waals surface area contributed by atoms with Gasteiger partial charge in [-0.25, -0.2) is 15.0 Å². The minimum Gasteiger partial charge on any atom is -0.455 e. The zero-order valence-electron chi connectivity index (χ0n) is 25.2. The minimum atomic E-state index is 0.627. The van der Waals surface area contributed by atoms with Crippen LogP contribution in [0.1, 0.15) is 0 Å². The van der Waals surface area contributed by atoms with E-state index < -0.39 is 0 Å². The number of hydrogen-bond donors (Lipinski definition) is 0. The molecular formula is C42H26N4O. The number of benzene rings is 6. The van der Waals surface area contributed by atoms with Crippen LogP contribution in [0.2, 0.25) is 0 Å². The van der Waals surface area contributed by atoms with Crippen LogP contribution >= 0.6 is 0 Å². The Balaban J connectivity index is 1.19. The lowest BCUT2D eigenvalue weighted by molar-refractivity contribution is 0.673. The quantitative estimate of drug-likeness (QED) is 0.196. The van der Waals surface area contributed by atoms with Crippen molar-refractivity contribution in [2.75, 3.05) is 0 Å². The summed E-state index contributed by atoms with van der Waals surface area (Å²) in [6.07, 6.45) is 1.84. The molecule has 6 aromatic carbocycles. The molecule has 0 atom stereocenters. The zero-order chi connectivity index (χ0) is 31.2. The van der Waals surface area contributed by atoms with Crippen LogP contribution in [0.4, 0.5) is 0 Å². The van der Waals surface area contributed by atoms with Crippen molar-refractivity contribution in [2.24, 2.45) is 0 Å². The third-order valence-corrected chi connectivity index (χ3v) is 8.60. The number of hydrogen-bond acceptors (Lipinski definition) is 5. The molecule has 0 N–H and O–H groups in total. The van der Waals surface area contributed by atoms with Gasteiger partial charge in [-0.3, -0.25) is 4.98 Å². The van der Waals surface area contributed by atoms with Crippen molar-refractivity contribution in [3.05, 3.63) is 158 Å². The average Bonchev–Trinajstić information content (AvgIpc) is 3.55. The first-order valence-electron chi connectivity index (χ1n) is 15.6. The summed E-state index contributed by atoms with van der Waals surface area (Å²) in [6.45, 7) is 0. The van der Waals surface area contributed by atoms with Crippen molar-refractivity contribution in [1.29, 1.82) is 0 Å². The highest BCUT2D eigenvalue weighted by molar-refractivity contribution is 6.22. The first kappa shape index (κ1) is 26.9. The summed E-state index contributed by atoms with van der Waals surface area (Å²) >= 11 is 0. The lowest BCUT2D eigenvalue weighted by Gasteiger charge is -2.10. The standard InChI is InChI=1S/C42H26N4O/c1-3-12-28(13-4-1)40-44-41(29-14-5-2-6-15-29)46-42(45-40)30-23-21-27(22-24-30)31-18-11-20-37-38(31)35-26-34(36-19-9-10-25-43-36)32-16-7-8-17-33(32)39(35)47-37/h1-26H. The second-order valence-electron chi connectivity index (χ2n) is 11.5. The second-order valence-corrected chi connectivity index (χ2v) is 11.5. The molecule has 3 aromatic heterocycles. The minimum absolute atomic E-state index is 0.627.